The first-order chi connectivity index (χ1) is 10.9. The molecule has 1 amide bonds. The van der Waals surface area contributed by atoms with Crippen LogP contribution in [0, 0.1) is 0 Å². The predicted octanol–water partition coefficient (Wildman–Crippen LogP) is 2.69. The third-order valence-electron chi connectivity index (χ3n) is 3.23. The number of benzene rings is 1. The maximum atomic E-state index is 11.7. The van der Waals surface area contributed by atoms with E-state index >= 15 is 0 Å². The highest BCUT2D eigenvalue weighted by molar-refractivity contribution is 7.76. The van der Waals surface area contributed by atoms with Crippen molar-refractivity contribution < 1.29 is 17.9 Å². The number of nitrogens with one attached hydrogen (secondary N) is 1. The van der Waals surface area contributed by atoms with E-state index in [2.05, 4.69) is 11.9 Å². The van der Waals surface area contributed by atoms with E-state index in [0.717, 1.165) is 12.0 Å². The summed E-state index contributed by atoms with van der Waals surface area (Å²) in [6, 6.07) is 5.30. The molecule has 0 spiro atoms. The van der Waals surface area contributed by atoms with Crippen LogP contribution in [0.1, 0.15) is 31.7 Å². The van der Waals surface area contributed by atoms with E-state index < -0.39 is 10.7 Å². The fourth-order valence-electron chi connectivity index (χ4n) is 1.93. The van der Waals surface area contributed by atoms with E-state index in [1.807, 2.05) is 13.0 Å². The van der Waals surface area contributed by atoms with Crippen LogP contribution >= 0.6 is 11.6 Å². The number of aryl methyl sites for hydroxylation is 1. The maximum absolute atomic E-state index is 11.7. The highest BCUT2D eigenvalue weighted by atomic mass is 35.5. The van der Waals surface area contributed by atoms with Crippen LogP contribution in [0.3, 0.4) is 0 Å². The van der Waals surface area contributed by atoms with Gasteiger partial charge in [-0.1, -0.05) is 25.1 Å². The minimum Gasteiger partial charge on any atom is -0.483 e. The Labute approximate surface area is 143 Å². The lowest BCUT2D eigenvalue weighted by Gasteiger charge is -2.11. The van der Waals surface area contributed by atoms with Gasteiger partial charge in [0.1, 0.15) is 5.75 Å². The van der Waals surface area contributed by atoms with Gasteiger partial charge < -0.3 is 10.1 Å². The van der Waals surface area contributed by atoms with Gasteiger partial charge in [-0.2, -0.15) is 0 Å². The Bertz CT molecular complexity index is 621. The number of hydrogen-bond donors (Lipinski definition) is 2. The van der Waals surface area contributed by atoms with Gasteiger partial charge in [0.25, 0.3) is 5.91 Å². The summed E-state index contributed by atoms with van der Waals surface area (Å²) < 4.78 is 26.7. The van der Waals surface area contributed by atoms with Crippen LogP contribution in [-0.4, -0.2) is 27.5 Å². The van der Waals surface area contributed by atoms with Crippen LogP contribution in [0.5, 0.6) is 5.75 Å². The standard InChI is InChI=1S/C16H22ClNO4S/c1-3-13-10-14(17)7-8-15(13)22-11-16(19)18-9-5-4-6-12(2)23(20)21/h7-8,10,23H,2-6,9,11H2,1H3,(H,18,19). The van der Waals surface area contributed by atoms with E-state index in [-0.39, 0.29) is 17.4 Å². The zero-order chi connectivity index (χ0) is 17.2. The second-order valence-electron chi connectivity index (χ2n) is 5.02. The molecule has 0 saturated heterocycles. The van der Waals surface area contributed by atoms with Gasteiger partial charge in [0, 0.05) is 16.5 Å². The van der Waals surface area contributed by atoms with Crippen LogP contribution in [0.4, 0.5) is 0 Å². The zero-order valence-electron chi connectivity index (χ0n) is 13.1. The van der Waals surface area contributed by atoms with Crippen molar-refractivity contribution in [3.63, 3.8) is 0 Å². The van der Waals surface area contributed by atoms with Gasteiger partial charge >= 0.3 is 0 Å². The number of halogens is 1. The van der Waals surface area contributed by atoms with E-state index in [9.17, 15) is 13.2 Å². The number of allylic oxidation sites excluding steroid dienone is 1. The normalized spacial score (nSPS) is 10.6. The smallest absolute Gasteiger partial charge is 0.257 e. The summed E-state index contributed by atoms with van der Waals surface area (Å²) in [7, 11) is -2.55. The Morgan fingerprint density at radius 3 is 2.74 bits per heavy atom. The monoisotopic (exact) mass is 359 g/mol. The van der Waals surface area contributed by atoms with Crippen molar-refractivity contribution in [1.29, 1.82) is 0 Å². The van der Waals surface area contributed by atoms with Crippen molar-refractivity contribution >= 4 is 28.2 Å². The molecule has 1 aromatic carbocycles. The van der Waals surface area contributed by atoms with Crippen molar-refractivity contribution in [3.05, 3.63) is 40.3 Å². The van der Waals surface area contributed by atoms with Gasteiger partial charge in [-0.15, -0.1) is 0 Å². The number of carbonyl (C=O) groups excluding carboxylic acids is 1. The molecule has 1 N–H and O–H groups in total. The largest absolute Gasteiger partial charge is 0.483 e. The first-order valence-corrected chi connectivity index (χ1v) is 8.99. The molecule has 0 heterocycles. The quantitative estimate of drug-likeness (QED) is 0.497. The number of rotatable bonds is 10. The molecule has 0 atom stereocenters. The van der Waals surface area contributed by atoms with E-state index in [4.69, 9.17) is 16.3 Å². The van der Waals surface area contributed by atoms with Gasteiger partial charge in [-0.05, 0) is 49.4 Å². The van der Waals surface area contributed by atoms with Crippen LogP contribution in [0.15, 0.2) is 29.7 Å². The third-order valence-corrected chi connectivity index (χ3v) is 4.21. The zero-order valence-corrected chi connectivity index (χ0v) is 14.8. The lowest BCUT2D eigenvalue weighted by Crippen LogP contribution is -2.29. The van der Waals surface area contributed by atoms with E-state index in [0.29, 0.717) is 36.6 Å². The topological polar surface area (TPSA) is 72.5 Å². The van der Waals surface area contributed by atoms with Crippen LogP contribution in [0.25, 0.3) is 0 Å². The van der Waals surface area contributed by atoms with Crippen molar-refractivity contribution in [3.8, 4) is 5.75 Å². The lowest BCUT2D eigenvalue weighted by molar-refractivity contribution is -0.123. The molecule has 0 unspecified atom stereocenters. The molecule has 0 aliphatic rings. The Balaban J connectivity index is 2.26. The first-order valence-electron chi connectivity index (χ1n) is 7.44. The molecule has 5 nitrogen and oxygen atoms in total. The average Bonchev–Trinajstić information content (AvgIpc) is 2.52. The minimum absolute atomic E-state index is 0.0617. The van der Waals surface area contributed by atoms with Crippen molar-refractivity contribution in [2.45, 2.75) is 32.6 Å². The van der Waals surface area contributed by atoms with Crippen molar-refractivity contribution in [1.82, 2.24) is 5.32 Å². The molecule has 128 valence electrons. The molecular formula is C16H22ClNO4S. The summed E-state index contributed by atoms with van der Waals surface area (Å²) in [4.78, 5) is 11.9. The maximum Gasteiger partial charge on any atom is 0.257 e. The Kier molecular flexibility index (Phi) is 8.73. The minimum atomic E-state index is -2.55. The molecular weight excluding hydrogens is 338 g/mol. The van der Waals surface area contributed by atoms with E-state index in [1.165, 1.54) is 0 Å². The predicted molar refractivity (Wildman–Crippen MR) is 92.6 cm³/mol. The van der Waals surface area contributed by atoms with Crippen molar-refractivity contribution in [2.24, 2.45) is 0 Å². The SMILES string of the molecule is C=C(CCCCNC(=O)COc1ccc(Cl)cc1CC)[SH](=O)=O. The van der Waals surface area contributed by atoms with Gasteiger partial charge in [-0.25, -0.2) is 8.42 Å². The number of amides is 1. The molecule has 7 heteroatoms. The molecule has 0 aliphatic heterocycles. The molecule has 1 aromatic rings. The van der Waals surface area contributed by atoms with Crippen LogP contribution < -0.4 is 10.1 Å². The summed E-state index contributed by atoms with van der Waals surface area (Å²) in [6.07, 6.45) is 2.55. The molecule has 23 heavy (non-hydrogen) atoms. The summed E-state index contributed by atoms with van der Waals surface area (Å²) in [5.41, 5.74) is 0.954. The summed E-state index contributed by atoms with van der Waals surface area (Å²) in [5.74, 6) is 0.443. The number of carbonyl (C=O) groups is 1. The van der Waals surface area contributed by atoms with Crippen molar-refractivity contribution in [2.75, 3.05) is 13.2 Å². The fraction of sp³-hybridized carbons (Fsp3) is 0.438. The van der Waals surface area contributed by atoms with E-state index in [1.54, 1.807) is 12.1 Å². The second kappa shape index (κ2) is 10.3. The Morgan fingerprint density at radius 1 is 1.35 bits per heavy atom. The molecule has 0 saturated carbocycles. The summed E-state index contributed by atoms with van der Waals surface area (Å²) >= 11 is 5.92. The fourth-order valence-corrected chi connectivity index (χ4v) is 2.47. The van der Waals surface area contributed by atoms with Crippen LogP contribution in [-0.2, 0) is 21.9 Å². The highest BCUT2D eigenvalue weighted by Gasteiger charge is 2.06. The third kappa shape index (κ3) is 7.52. The number of hydrogen-bond acceptors (Lipinski definition) is 4. The first kappa shape index (κ1) is 19.5. The molecule has 0 bridgehead atoms. The lowest BCUT2D eigenvalue weighted by atomic mass is 10.1. The number of thiol groups is 1. The highest BCUT2D eigenvalue weighted by Crippen LogP contribution is 2.23. The molecule has 0 aliphatic carbocycles. The Hall–Kier alpha value is -1.53. The number of ether oxygens (including phenoxy) is 1. The van der Waals surface area contributed by atoms with Crippen LogP contribution in [0.2, 0.25) is 5.02 Å². The average molecular weight is 360 g/mol. The van der Waals surface area contributed by atoms with Gasteiger partial charge in [0.15, 0.2) is 17.3 Å². The Morgan fingerprint density at radius 2 is 2.09 bits per heavy atom. The molecule has 0 fully saturated rings. The second-order valence-corrected chi connectivity index (χ2v) is 6.61. The van der Waals surface area contributed by atoms with Gasteiger partial charge in [0.2, 0.25) is 0 Å². The number of unbranched alkanes of at least 4 members (excludes halogenated alkanes) is 1. The van der Waals surface area contributed by atoms with Gasteiger partial charge in [-0.3, -0.25) is 4.79 Å². The summed E-state index contributed by atoms with van der Waals surface area (Å²) in [5, 5.41) is 3.37. The summed E-state index contributed by atoms with van der Waals surface area (Å²) in [6.45, 7) is 5.86. The molecule has 0 aromatic heterocycles. The molecule has 1 rings (SSSR count). The van der Waals surface area contributed by atoms with Gasteiger partial charge in [0.05, 0.1) is 0 Å². The molecule has 0 radical (unpaired) electrons.